The number of nitrogens with zero attached hydrogens (tertiary/aromatic N) is 1. The Hall–Kier alpha value is -1.17. The van der Waals surface area contributed by atoms with Crippen molar-refractivity contribution in [2.45, 2.75) is 55.9 Å². The van der Waals surface area contributed by atoms with E-state index in [0.717, 1.165) is 24.6 Å². The molecule has 0 saturated heterocycles. The van der Waals surface area contributed by atoms with Crippen LogP contribution in [-0.2, 0) is 22.0 Å². The number of sulfonamides is 1. The van der Waals surface area contributed by atoms with Crippen molar-refractivity contribution in [3.8, 4) is 0 Å². The average Bonchev–Trinajstić information content (AvgIpc) is 3.26. The number of aliphatic imine (C=N–C) groups is 1. The van der Waals surface area contributed by atoms with Crippen LogP contribution in [-0.4, -0.2) is 27.5 Å². The molecule has 1 aliphatic rings. The van der Waals surface area contributed by atoms with Crippen LogP contribution in [0.4, 0.5) is 0 Å². The second-order valence-corrected chi connectivity index (χ2v) is 10.1. The number of primary sulfonamides is 1. The van der Waals surface area contributed by atoms with Gasteiger partial charge in [0.15, 0.2) is 5.96 Å². The lowest BCUT2D eigenvalue weighted by Crippen LogP contribution is -2.46. The molecule has 6 nitrogen and oxygen atoms in total. The Bertz CT molecular complexity index is 924. The van der Waals surface area contributed by atoms with Gasteiger partial charge in [-0.15, -0.1) is 35.3 Å². The first kappa shape index (κ1) is 25.1. The molecule has 1 aromatic heterocycles. The molecule has 166 valence electrons. The van der Waals surface area contributed by atoms with Crippen molar-refractivity contribution < 1.29 is 8.42 Å². The van der Waals surface area contributed by atoms with Gasteiger partial charge in [-0.3, -0.25) is 0 Å². The van der Waals surface area contributed by atoms with Crippen LogP contribution in [0.3, 0.4) is 0 Å². The molecule has 1 fully saturated rings. The smallest absolute Gasteiger partial charge is 0.238 e. The summed E-state index contributed by atoms with van der Waals surface area (Å²) in [4.78, 5) is 6.22. The molecule has 0 radical (unpaired) electrons. The summed E-state index contributed by atoms with van der Waals surface area (Å²) in [5, 5.41) is 14.2. The van der Waals surface area contributed by atoms with E-state index in [1.165, 1.54) is 43.0 Å². The zero-order valence-electron chi connectivity index (χ0n) is 17.3. The van der Waals surface area contributed by atoms with Gasteiger partial charge in [-0.25, -0.2) is 18.5 Å². The zero-order chi connectivity index (χ0) is 20.7. The molecule has 0 atom stereocenters. The van der Waals surface area contributed by atoms with E-state index < -0.39 is 10.0 Å². The predicted molar refractivity (Wildman–Crippen MR) is 135 cm³/mol. The van der Waals surface area contributed by atoms with Gasteiger partial charge in [-0.05, 0) is 48.9 Å². The van der Waals surface area contributed by atoms with Crippen LogP contribution in [0.2, 0.25) is 0 Å². The lowest BCUT2D eigenvalue weighted by Gasteiger charge is -2.37. The average molecular weight is 563 g/mol. The summed E-state index contributed by atoms with van der Waals surface area (Å²) in [5.74, 6) is 0.745. The minimum Gasteiger partial charge on any atom is -0.357 e. The van der Waals surface area contributed by atoms with Crippen LogP contribution in [0.15, 0.2) is 51.7 Å². The number of thiophene rings is 1. The SMILES string of the molecule is CCNC(=NCc1cccc(S(N)(=O)=O)c1)NCC1(c2cccs2)CCCCC1.I. The zero-order valence-corrected chi connectivity index (χ0v) is 21.2. The molecule has 0 amide bonds. The molecular weight excluding hydrogens is 531 g/mol. The summed E-state index contributed by atoms with van der Waals surface area (Å²) in [6.45, 7) is 4.02. The molecule has 4 N–H and O–H groups in total. The number of nitrogens with two attached hydrogens (primary N) is 1. The normalized spacial score (nSPS) is 16.5. The molecular formula is C21H31IN4O2S2. The molecule has 9 heteroatoms. The van der Waals surface area contributed by atoms with E-state index in [4.69, 9.17) is 5.14 Å². The van der Waals surface area contributed by atoms with Gasteiger partial charge in [-0.2, -0.15) is 0 Å². The van der Waals surface area contributed by atoms with E-state index in [0.29, 0.717) is 6.54 Å². The third-order valence-electron chi connectivity index (χ3n) is 5.44. The molecule has 3 rings (SSSR count). The fourth-order valence-electron chi connectivity index (χ4n) is 3.91. The Morgan fingerprint density at radius 1 is 1.17 bits per heavy atom. The highest BCUT2D eigenvalue weighted by Gasteiger charge is 2.34. The van der Waals surface area contributed by atoms with E-state index in [2.05, 4.69) is 33.1 Å². The van der Waals surface area contributed by atoms with Crippen LogP contribution in [0.1, 0.15) is 49.5 Å². The second-order valence-electron chi connectivity index (χ2n) is 7.56. The lowest BCUT2D eigenvalue weighted by atomic mass is 9.73. The quantitative estimate of drug-likeness (QED) is 0.270. The van der Waals surface area contributed by atoms with E-state index in [1.807, 2.05) is 24.3 Å². The number of benzene rings is 1. The minimum absolute atomic E-state index is 0. The van der Waals surface area contributed by atoms with Crippen molar-refractivity contribution in [3.05, 3.63) is 52.2 Å². The molecule has 1 aromatic carbocycles. The highest BCUT2D eigenvalue weighted by Crippen LogP contribution is 2.41. The fraction of sp³-hybridized carbons (Fsp3) is 0.476. The Balaban J connectivity index is 0.00000320. The van der Waals surface area contributed by atoms with Crippen LogP contribution < -0.4 is 15.8 Å². The van der Waals surface area contributed by atoms with Crippen molar-refractivity contribution in [3.63, 3.8) is 0 Å². The van der Waals surface area contributed by atoms with Crippen LogP contribution in [0.25, 0.3) is 0 Å². The lowest BCUT2D eigenvalue weighted by molar-refractivity contribution is 0.296. The first-order valence-corrected chi connectivity index (χ1v) is 12.5. The number of rotatable bonds is 7. The summed E-state index contributed by atoms with van der Waals surface area (Å²) in [6, 6.07) is 11.0. The van der Waals surface area contributed by atoms with Gasteiger partial charge in [0, 0.05) is 23.4 Å². The number of hydrogen-bond donors (Lipinski definition) is 3. The highest BCUT2D eigenvalue weighted by atomic mass is 127. The highest BCUT2D eigenvalue weighted by molar-refractivity contribution is 14.0. The maximum absolute atomic E-state index is 11.6. The van der Waals surface area contributed by atoms with Crippen molar-refractivity contribution in [2.24, 2.45) is 10.1 Å². The van der Waals surface area contributed by atoms with E-state index >= 15 is 0 Å². The molecule has 0 unspecified atom stereocenters. The van der Waals surface area contributed by atoms with Gasteiger partial charge in [-0.1, -0.05) is 37.5 Å². The first-order chi connectivity index (χ1) is 13.9. The third kappa shape index (κ3) is 6.66. The maximum Gasteiger partial charge on any atom is 0.238 e. The Labute approximate surface area is 200 Å². The summed E-state index contributed by atoms with van der Waals surface area (Å²) in [6.07, 6.45) is 6.20. The Kier molecular flexibility index (Phi) is 9.58. The largest absolute Gasteiger partial charge is 0.357 e. The maximum atomic E-state index is 11.6. The van der Waals surface area contributed by atoms with Crippen LogP contribution in [0.5, 0.6) is 0 Å². The number of guanidine groups is 1. The van der Waals surface area contributed by atoms with E-state index in [-0.39, 0.29) is 34.3 Å². The number of hydrogen-bond acceptors (Lipinski definition) is 4. The first-order valence-electron chi connectivity index (χ1n) is 10.1. The number of halogens is 1. The Morgan fingerprint density at radius 3 is 2.57 bits per heavy atom. The van der Waals surface area contributed by atoms with Crippen LogP contribution >= 0.6 is 35.3 Å². The third-order valence-corrected chi connectivity index (χ3v) is 7.47. The summed E-state index contributed by atoms with van der Waals surface area (Å²) < 4.78 is 23.1. The minimum atomic E-state index is -3.71. The van der Waals surface area contributed by atoms with Crippen molar-refractivity contribution >= 4 is 51.3 Å². The molecule has 1 aliphatic carbocycles. The predicted octanol–water partition coefficient (Wildman–Crippen LogP) is 3.97. The standard InChI is InChI=1S/C21H30N4O2S2.HI/c1-2-23-20(24-15-17-8-6-9-18(14-17)29(22,26)27)25-16-21(11-4-3-5-12-21)19-10-7-13-28-19;/h6-10,13-14H,2-5,11-12,15-16H2,1H3,(H2,22,26,27)(H2,23,24,25);1H. The summed E-state index contributed by atoms with van der Waals surface area (Å²) in [5.41, 5.74) is 0.968. The van der Waals surface area contributed by atoms with Crippen molar-refractivity contribution in [1.29, 1.82) is 0 Å². The van der Waals surface area contributed by atoms with Gasteiger partial charge < -0.3 is 10.6 Å². The second kappa shape index (κ2) is 11.4. The molecule has 0 aliphatic heterocycles. The Morgan fingerprint density at radius 2 is 1.93 bits per heavy atom. The molecule has 0 spiro atoms. The van der Waals surface area contributed by atoms with E-state index in [9.17, 15) is 8.42 Å². The summed E-state index contributed by atoms with van der Waals surface area (Å²) >= 11 is 1.84. The summed E-state index contributed by atoms with van der Waals surface area (Å²) in [7, 11) is -3.71. The van der Waals surface area contributed by atoms with Gasteiger partial charge >= 0.3 is 0 Å². The van der Waals surface area contributed by atoms with E-state index in [1.54, 1.807) is 12.1 Å². The monoisotopic (exact) mass is 562 g/mol. The number of nitrogens with one attached hydrogen (secondary N) is 2. The molecule has 30 heavy (non-hydrogen) atoms. The molecule has 1 heterocycles. The molecule has 2 aromatic rings. The van der Waals surface area contributed by atoms with Gasteiger partial charge in [0.25, 0.3) is 0 Å². The van der Waals surface area contributed by atoms with Crippen LogP contribution in [0, 0.1) is 0 Å². The topological polar surface area (TPSA) is 96.6 Å². The molecule has 1 saturated carbocycles. The fourth-order valence-corrected chi connectivity index (χ4v) is 5.48. The van der Waals surface area contributed by atoms with Gasteiger partial charge in [0.2, 0.25) is 10.0 Å². The van der Waals surface area contributed by atoms with Gasteiger partial charge in [0.1, 0.15) is 0 Å². The van der Waals surface area contributed by atoms with Gasteiger partial charge in [0.05, 0.1) is 11.4 Å². The molecule has 0 bridgehead atoms. The van der Waals surface area contributed by atoms with Crippen molar-refractivity contribution in [2.75, 3.05) is 13.1 Å². The van der Waals surface area contributed by atoms with Crippen molar-refractivity contribution in [1.82, 2.24) is 10.6 Å².